The number of nitrogens with two attached hydrogens (primary N) is 1. The Labute approximate surface area is 120 Å². The number of benzene rings is 1. The topological polar surface area (TPSA) is 66.6 Å². The molecule has 19 heavy (non-hydrogen) atoms. The van der Waals surface area contributed by atoms with Crippen LogP contribution < -0.4 is 5.73 Å². The summed E-state index contributed by atoms with van der Waals surface area (Å²) in [6.45, 7) is 1.39. The zero-order valence-corrected chi connectivity index (χ0v) is 12.1. The predicted molar refractivity (Wildman–Crippen MR) is 76.7 cm³/mol. The Morgan fingerprint density at radius 2 is 2.16 bits per heavy atom. The molecular weight excluding hydrogens is 308 g/mol. The first-order valence-corrected chi connectivity index (χ1v) is 7.38. The second-order valence-corrected chi connectivity index (χ2v) is 6.43. The van der Waals surface area contributed by atoms with Gasteiger partial charge >= 0.3 is 0 Å². The number of nitrogen functional groups attached to an aromatic ring is 1. The van der Waals surface area contributed by atoms with Crippen molar-refractivity contribution in [3.63, 3.8) is 0 Å². The van der Waals surface area contributed by atoms with E-state index in [1.54, 1.807) is 12.1 Å². The Bertz CT molecular complexity index is 520. The Morgan fingerprint density at radius 3 is 2.89 bits per heavy atom. The quantitative estimate of drug-likeness (QED) is 0.775. The van der Waals surface area contributed by atoms with E-state index in [0.29, 0.717) is 23.7 Å². The zero-order valence-electron chi connectivity index (χ0n) is 10.6. The molecule has 3 atom stereocenters. The summed E-state index contributed by atoms with van der Waals surface area (Å²) in [6.07, 6.45) is 1.64. The van der Waals surface area contributed by atoms with E-state index >= 15 is 0 Å². The number of carbonyl (C=O) groups is 1. The lowest BCUT2D eigenvalue weighted by molar-refractivity contribution is 0.0753. The van der Waals surface area contributed by atoms with Crippen molar-refractivity contribution in [2.24, 2.45) is 11.8 Å². The molecular formula is C14H17BrN2O2. The molecule has 0 bridgehead atoms. The number of hydrogen-bond acceptors (Lipinski definition) is 3. The van der Waals surface area contributed by atoms with E-state index in [1.165, 1.54) is 0 Å². The van der Waals surface area contributed by atoms with E-state index in [0.717, 1.165) is 23.9 Å². The molecule has 1 aliphatic heterocycles. The van der Waals surface area contributed by atoms with Gasteiger partial charge < -0.3 is 15.7 Å². The van der Waals surface area contributed by atoms with Crippen LogP contribution in [0.1, 0.15) is 23.2 Å². The van der Waals surface area contributed by atoms with E-state index in [9.17, 15) is 9.90 Å². The monoisotopic (exact) mass is 324 g/mol. The molecule has 0 radical (unpaired) electrons. The van der Waals surface area contributed by atoms with Crippen LogP contribution in [0.3, 0.4) is 0 Å². The van der Waals surface area contributed by atoms with E-state index in [2.05, 4.69) is 15.9 Å². The van der Waals surface area contributed by atoms with Crippen LogP contribution in [-0.2, 0) is 0 Å². The summed E-state index contributed by atoms with van der Waals surface area (Å²) in [6, 6.07) is 5.33. The Balaban J connectivity index is 1.80. The van der Waals surface area contributed by atoms with Crippen molar-refractivity contribution >= 4 is 27.5 Å². The summed E-state index contributed by atoms with van der Waals surface area (Å²) in [5.41, 5.74) is 6.93. The van der Waals surface area contributed by atoms with Crippen molar-refractivity contribution in [3.05, 3.63) is 28.2 Å². The molecule has 1 heterocycles. The molecule has 3 unspecified atom stereocenters. The van der Waals surface area contributed by atoms with Crippen LogP contribution in [0, 0.1) is 11.8 Å². The number of halogens is 1. The molecule has 1 aromatic carbocycles. The Morgan fingerprint density at radius 1 is 1.37 bits per heavy atom. The number of aliphatic hydroxyl groups excluding tert-OH is 1. The zero-order chi connectivity index (χ0) is 13.6. The van der Waals surface area contributed by atoms with Gasteiger partial charge in [0.15, 0.2) is 0 Å². The second kappa shape index (κ2) is 4.80. The summed E-state index contributed by atoms with van der Waals surface area (Å²) in [4.78, 5) is 14.3. The minimum absolute atomic E-state index is 0.0274. The number of aliphatic hydroxyl groups is 1. The summed E-state index contributed by atoms with van der Waals surface area (Å²) >= 11 is 3.37. The highest BCUT2D eigenvalue weighted by Gasteiger charge is 2.43. The molecule has 0 aromatic heterocycles. The van der Waals surface area contributed by atoms with Gasteiger partial charge in [0.1, 0.15) is 0 Å². The van der Waals surface area contributed by atoms with Crippen molar-refractivity contribution in [1.82, 2.24) is 4.90 Å². The maximum absolute atomic E-state index is 12.5. The maximum atomic E-state index is 12.5. The van der Waals surface area contributed by atoms with Gasteiger partial charge in [0.05, 0.1) is 11.7 Å². The molecule has 3 N–H and O–H groups in total. The molecule has 4 nitrogen and oxygen atoms in total. The lowest BCUT2D eigenvalue weighted by Crippen LogP contribution is -2.31. The highest BCUT2D eigenvalue weighted by molar-refractivity contribution is 9.10. The number of amides is 1. The van der Waals surface area contributed by atoms with Crippen LogP contribution in [0.5, 0.6) is 0 Å². The third-order valence-corrected chi connectivity index (χ3v) is 4.85. The van der Waals surface area contributed by atoms with E-state index in [1.807, 2.05) is 11.0 Å². The minimum Gasteiger partial charge on any atom is -0.398 e. The van der Waals surface area contributed by atoms with Crippen LogP contribution in [0.4, 0.5) is 5.69 Å². The number of likely N-dealkylation sites (tertiary alicyclic amines) is 1. The smallest absolute Gasteiger partial charge is 0.256 e. The molecule has 5 heteroatoms. The third kappa shape index (κ3) is 2.25. The molecule has 2 aliphatic rings. The van der Waals surface area contributed by atoms with Gasteiger partial charge in [0.25, 0.3) is 5.91 Å². The van der Waals surface area contributed by atoms with Gasteiger partial charge in [0.2, 0.25) is 0 Å². The molecule has 1 aliphatic carbocycles. The summed E-state index contributed by atoms with van der Waals surface area (Å²) in [5.74, 6) is 0.671. The molecule has 1 amide bonds. The fraction of sp³-hybridized carbons (Fsp3) is 0.500. The summed E-state index contributed by atoms with van der Waals surface area (Å²) < 4.78 is 0.851. The molecule has 2 fully saturated rings. The van der Waals surface area contributed by atoms with Crippen molar-refractivity contribution in [2.75, 3.05) is 18.8 Å². The average Bonchev–Trinajstić information content (AvgIpc) is 2.94. The number of hydrogen-bond donors (Lipinski definition) is 2. The number of nitrogens with zero attached hydrogens (tertiary/aromatic N) is 1. The largest absolute Gasteiger partial charge is 0.398 e. The van der Waals surface area contributed by atoms with Crippen LogP contribution in [0.25, 0.3) is 0 Å². The first kappa shape index (κ1) is 12.9. The molecule has 1 saturated heterocycles. The lowest BCUT2D eigenvalue weighted by atomic mass is 10.00. The molecule has 1 aromatic rings. The highest BCUT2D eigenvalue weighted by atomic mass is 79.9. The van der Waals surface area contributed by atoms with Crippen LogP contribution in [0.15, 0.2) is 22.7 Å². The van der Waals surface area contributed by atoms with Crippen LogP contribution in [-0.4, -0.2) is 35.1 Å². The number of anilines is 1. The average molecular weight is 325 g/mol. The highest BCUT2D eigenvalue weighted by Crippen LogP contribution is 2.38. The van der Waals surface area contributed by atoms with E-state index in [-0.39, 0.29) is 17.9 Å². The third-order valence-electron chi connectivity index (χ3n) is 4.35. The number of fused-ring (bicyclic) bond motifs is 1. The normalized spacial score (nSPS) is 29.6. The van der Waals surface area contributed by atoms with E-state index in [4.69, 9.17) is 5.73 Å². The molecule has 0 spiro atoms. The van der Waals surface area contributed by atoms with Crippen LogP contribution >= 0.6 is 15.9 Å². The Hall–Kier alpha value is -1.07. The molecule has 3 rings (SSSR count). The number of carbonyl (C=O) groups excluding carboxylic acids is 1. The van der Waals surface area contributed by atoms with Crippen molar-refractivity contribution in [3.8, 4) is 0 Å². The molecule has 102 valence electrons. The van der Waals surface area contributed by atoms with Gasteiger partial charge in [-0.25, -0.2) is 0 Å². The van der Waals surface area contributed by atoms with Gasteiger partial charge in [-0.3, -0.25) is 4.79 Å². The van der Waals surface area contributed by atoms with Crippen molar-refractivity contribution in [2.45, 2.75) is 18.9 Å². The van der Waals surface area contributed by atoms with Gasteiger partial charge in [-0.15, -0.1) is 0 Å². The summed E-state index contributed by atoms with van der Waals surface area (Å²) in [7, 11) is 0. The second-order valence-electron chi connectivity index (χ2n) is 5.51. The van der Waals surface area contributed by atoms with E-state index < -0.39 is 0 Å². The van der Waals surface area contributed by atoms with Gasteiger partial charge in [-0.05, 0) is 37.0 Å². The SMILES string of the molecule is Nc1ccc(Br)cc1C(=O)N1CC2CCC(O)C2C1. The van der Waals surface area contributed by atoms with Crippen molar-refractivity contribution < 1.29 is 9.90 Å². The first-order chi connectivity index (χ1) is 9.06. The molecule has 1 saturated carbocycles. The number of rotatable bonds is 1. The van der Waals surface area contributed by atoms with Gasteiger partial charge in [0, 0.05) is 29.2 Å². The fourth-order valence-electron chi connectivity index (χ4n) is 3.29. The maximum Gasteiger partial charge on any atom is 0.256 e. The minimum atomic E-state index is -0.248. The standard InChI is InChI=1S/C14H17BrN2O2/c15-9-2-3-12(16)10(5-9)14(19)17-6-8-1-4-13(18)11(8)7-17/h2-3,5,8,11,13,18H,1,4,6-7,16H2. The lowest BCUT2D eigenvalue weighted by Gasteiger charge is -2.19. The predicted octanol–water partition coefficient (Wildman–Crippen LogP) is 1.87. The van der Waals surface area contributed by atoms with Gasteiger partial charge in [-0.1, -0.05) is 15.9 Å². The Kier molecular flexibility index (Phi) is 3.27. The van der Waals surface area contributed by atoms with Gasteiger partial charge in [-0.2, -0.15) is 0 Å². The van der Waals surface area contributed by atoms with Crippen LogP contribution in [0.2, 0.25) is 0 Å². The van der Waals surface area contributed by atoms with Crippen molar-refractivity contribution in [1.29, 1.82) is 0 Å². The summed E-state index contributed by atoms with van der Waals surface area (Å²) in [5, 5.41) is 9.90. The fourth-order valence-corrected chi connectivity index (χ4v) is 3.65. The first-order valence-electron chi connectivity index (χ1n) is 6.58.